The Morgan fingerprint density at radius 2 is 1.93 bits per heavy atom. The molecule has 0 bridgehead atoms. The quantitative estimate of drug-likeness (QED) is 0.655. The smallest absolute Gasteiger partial charge is 0.130 e. The molecule has 1 aromatic rings. The van der Waals surface area contributed by atoms with Gasteiger partial charge in [0.15, 0.2) is 0 Å². The number of rotatable bonds is 1. The summed E-state index contributed by atoms with van der Waals surface area (Å²) in [6.45, 7) is 0. The molecule has 0 saturated carbocycles. The summed E-state index contributed by atoms with van der Waals surface area (Å²) in [5, 5.41) is 0. The molecule has 1 aromatic carbocycles. The van der Waals surface area contributed by atoms with Crippen LogP contribution in [-0.4, -0.2) is 4.86 Å². The lowest BCUT2D eigenvalue weighted by molar-refractivity contribution is 0.573. The normalized spacial score (nSPS) is 19.6. The van der Waals surface area contributed by atoms with Crippen LogP contribution >= 0.6 is 12.2 Å². The molecule has 0 radical (unpaired) electrons. The SMILES string of the molecule is Fc1ccc(C2C=CC=CC2=S)c(F)c1. The van der Waals surface area contributed by atoms with Gasteiger partial charge in [0.25, 0.3) is 0 Å². The van der Waals surface area contributed by atoms with Crippen molar-refractivity contribution in [1.29, 1.82) is 0 Å². The van der Waals surface area contributed by atoms with E-state index < -0.39 is 11.6 Å². The van der Waals surface area contributed by atoms with Gasteiger partial charge in [-0.1, -0.05) is 36.5 Å². The molecule has 0 saturated heterocycles. The van der Waals surface area contributed by atoms with E-state index in [2.05, 4.69) is 0 Å². The van der Waals surface area contributed by atoms with Crippen LogP contribution in [0.3, 0.4) is 0 Å². The first-order chi connectivity index (χ1) is 7.18. The minimum atomic E-state index is -0.572. The minimum absolute atomic E-state index is 0.259. The standard InChI is InChI=1S/C12H8F2S/c13-8-5-6-9(11(14)7-8)10-3-1-2-4-12(10)15/h1-7,10H. The average molecular weight is 222 g/mol. The lowest BCUT2D eigenvalue weighted by Gasteiger charge is -2.15. The van der Waals surface area contributed by atoms with Crippen LogP contribution in [0, 0.1) is 11.6 Å². The van der Waals surface area contributed by atoms with Crippen molar-refractivity contribution in [3.8, 4) is 0 Å². The second-order valence-corrected chi connectivity index (χ2v) is 3.76. The highest BCUT2D eigenvalue weighted by Gasteiger charge is 2.17. The van der Waals surface area contributed by atoms with Gasteiger partial charge in [-0.2, -0.15) is 0 Å². The number of hydrogen-bond donors (Lipinski definition) is 0. The van der Waals surface area contributed by atoms with Gasteiger partial charge in [-0.05, 0) is 12.1 Å². The fourth-order valence-electron chi connectivity index (χ4n) is 1.53. The number of allylic oxidation sites excluding steroid dienone is 4. The number of benzene rings is 1. The van der Waals surface area contributed by atoms with Crippen LogP contribution in [0.4, 0.5) is 8.78 Å². The molecule has 1 unspecified atom stereocenters. The molecule has 1 aliphatic carbocycles. The predicted octanol–water partition coefficient (Wildman–Crippen LogP) is 3.54. The van der Waals surface area contributed by atoms with Crippen LogP contribution in [-0.2, 0) is 0 Å². The first-order valence-corrected chi connectivity index (χ1v) is 4.93. The van der Waals surface area contributed by atoms with Gasteiger partial charge in [0.05, 0.1) is 0 Å². The third-order valence-corrected chi connectivity index (χ3v) is 2.67. The van der Waals surface area contributed by atoms with Gasteiger partial charge in [0.1, 0.15) is 11.6 Å². The summed E-state index contributed by atoms with van der Waals surface area (Å²) in [7, 11) is 0. The fraction of sp³-hybridized carbons (Fsp3) is 0.0833. The maximum absolute atomic E-state index is 13.5. The molecule has 0 aromatic heterocycles. The number of thiocarbonyl (C=S) groups is 1. The average Bonchev–Trinajstić information content (AvgIpc) is 2.20. The highest BCUT2D eigenvalue weighted by Crippen LogP contribution is 2.25. The first-order valence-electron chi connectivity index (χ1n) is 4.52. The van der Waals surface area contributed by atoms with Crippen LogP contribution < -0.4 is 0 Å². The van der Waals surface area contributed by atoms with Crippen LogP contribution in [0.5, 0.6) is 0 Å². The van der Waals surface area contributed by atoms with E-state index in [1.54, 1.807) is 18.2 Å². The Morgan fingerprint density at radius 3 is 2.60 bits per heavy atom. The minimum Gasteiger partial charge on any atom is -0.207 e. The largest absolute Gasteiger partial charge is 0.207 e. The van der Waals surface area contributed by atoms with Gasteiger partial charge < -0.3 is 0 Å². The predicted molar refractivity (Wildman–Crippen MR) is 60.0 cm³/mol. The number of hydrogen-bond acceptors (Lipinski definition) is 1. The molecule has 0 spiro atoms. The molecule has 0 fully saturated rings. The Kier molecular flexibility index (Phi) is 2.73. The van der Waals surface area contributed by atoms with E-state index in [0.29, 0.717) is 10.4 Å². The van der Waals surface area contributed by atoms with Crippen molar-refractivity contribution in [2.45, 2.75) is 5.92 Å². The molecule has 0 amide bonds. The van der Waals surface area contributed by atoms with E-state index in [0.717, 1.165) is 6.07 Å². The second kappa shape index (κ2) is 4.03. The van der Waals surface area contributed by atoms with E-state index in [9.17, 15) is 8.78 Å². The summed E-state index contributed by atoms with van der Waals surface area (Å²) in [5.74, 6) is -1.38. The molecule has 1 aliphatic rings. The molecule has 15 heavy (non-hydrogen) atoms. The molecule has 3 heteroatoms. The van der Waals surface area contributed by atoms with Gasteiger partial charge in [0.2, 0.25) is 0 Å². The van der Waals surface area contributed by atoms with Gasteiger partial charge in [-0.15, -0.1) is 0 Å². The lowest BCUT2D eigenvalue weighted by Crippen LogP contribution is -2.09. The van der Waals surface area contributed by atoms with Gasteiger partial charge in [-0.25, -0.2) is 8.78 Å². The van der Waals surface area contributed by atoms with Gasteiger partial charge in [-0.3, -0.25) is 0 Å². The van der Waals surface area contributed by atoms with E-state index in [-0.39, 0.29) is 5.92 Å². The Balaban J connectivity index is 2.41. The Morgan fingerprint density at radius 1 is 1.13 bits per heavy atom. The topological polar surface area (TPSA) is 0 Å². The second-order valence-electron chi connectivity index (χ2n) is 3.29. The van der Waals surface area contributed by atoms with Crippen molar-refractivity contribution >= 4 is 17.1 Å². The zero-order valence-electron chi connectivity index (χ0n) is 7.78. The molecule has 76 valence electrons. The van der Waals surface area contributed by atoms with Crippen molar-refractivity contribution in [2.24, 2.45) is 0 Å². The highest BCUT2D eigenvalue weighted by atomic mass is 32.1. The monoisotopic (exact) mass is 222 g/mol. The van der Waals surface area contributed by atoms with E-state index in [4.69, 9.17) is 12.2 Å². The number of halogens is 2. The third-order valence-electron chi connectivity index (χ3n) is 2.28. The summed E-state index contributed by atoms with van der Waals surface area (Å²) < 4.78 is 26.2. The molecule has 0 heterocycles. The van der Waals surface area contributed by atoms with Crippen LogP contribution in [0.2, 0.25) is 0 Å². The molecular weight excluding hydrogens is 214 g/mol. The van der Waals surface area contributed by atoms with Crippen molar-refractivity contribution < 1.29 is 8.78 Å². The van der Waals surface area contributed by atoms with Crippen molar-refractivity contribution in [3.05, 3.63) is 59.7 Å². The Hall–Kier alpha value is -1.35. The molecule has 2 rings (SSSR count). The van der Waals surface area contributed by atoms with Crippen LogP contribution in [0.25, 0.3) is 0 Å². The Bertz CT molecular complexity index is 461. The summed E-state index contributed by atoms with van der Waals surface area (Å²) in [6.07, 6.45) is 7.17. The fourth-order valence-corrected chi connectivity index (χ4v) is 1.82. The Labute approximate surface area is 91.9 Å². The molecule has 0 aliphatic heterocycles. The third kappa shape index (κ3) is 2.02. The maximum Gasteiger partial charge on any atom is 0.130 e. The lowest BCUT2D eigenvalue weighted by atomic mass is 9.92. The van der Waals surface area contributed by atoms with E-state index >= 15 is 0 Å². The van der Waals surface area contributed by atoms with Gasteiger partial charge in [0, 0.05) is 22.4 Å². The summed E-state index contributed by atoms with van der Waals surface area (Å²) in [6, 6.07) is 3.56. The van der Waals surface area contributed by atoms with Crippen LogP contribution in [0.15, 0.2) is 42.5 Å². The molecule has 0 nitrogen and oxygen atoms in total. The van der Waals surface area contributed by atoms with E-state index in [1.807, 2.05) is 6.08 Å². The molecular formula is C12H8F2S. The van der Waals surface area contributed by atoms with Crippen LogP contribution in [0.1, 0.15) is 11.5 Å². The highest BCUT2D eigenvalue weighted by molar-refractivity contribution is 7.80. The van der Waals surface area contributed by atoms with Gasteiger partial charge >= 0.3 is 0 Å². The van der Waals surface area contributed by atoms with Crippen molar-refractivity contribution in [3.63, 3.8) is 0 Å². The van der Waals surface area contributed by atoms with Crippen molar-refractivity contribution in [2.75, 3.05) is 0 Å². The molecule has 0 N–H and O–H groups in total. The summed E-state index contributed by atoms with van der Waals surface area (Å²) in [4.78, 5) is 0.642. The zero-order chi connectivity index (χ0) is 10.8. The van der Waals surface area contributed by atoms with Crippen molar-refractivity contribution in [1.82, 2.24) is 0 Å². The zero-order valence-corrected chi connectivity index (χ0v) is 8.60. The van der Waals surface area contributed by atoms with E-state index in [1.165, 1.54) is 12.1 Å². The summed E-state index contributed by atoms with van der Waals surface area (Å²) in [5.41, 5.74) is 0.419. The summed E-state index contributed by atoms with van der Waals surface area (Å²) >= 11 is 5.10. The maximum atomic E-state index is 13.5. The first kappa shape index (κ1) is 10.2. The molecule has 1 atom stereocenters.